The molecule has 0 nitrogen and oxygen atoms in total. The normalized spacial score (nSPS) is 11.6. The third-order valence-corrected chi connectivity index (χ3v) is 10.2. The molecular weight excluding hydrogens is 820 g/mol. The van der Waals surface area contributed by atoms with Crippen LogP contribution in [0.25, 0.3) is 0 Å². The fraction of sp³-hybridized carbons (Fsp3) is 0.464. The topological polar surface area (TPSA) is 0 Å². The van der Waals surface area contributed by atoms with Crippen LogP contribution in [0.5, 0.6) is 0 Å². The first kappa shape index (κ1) is 58.4. The van der Waals surface area contributed by atoms with Crippen molar-refractivity contribution in [3.05, 3.63) is 174 Å². The monoisotopic (exact) mass is 897 g/mol. The van der Waals surface area contributed by atoms with Gasteiger partial charge in [0, 0.05) is 10.0 Å². The number of halogens is 6. The van der Waals surface area contributed by atoms with Gasteiger partial charge < -0.3 is 0 Å². The van der Waals surface area contributed by atoms with E-state index in [1.807, 2.05) is 66.7 Å². The van der Waals surface area contributed by atoms with Crippen molar-refractivity contribution in [1.82, 2.24) is 0 Å². The largest absolute Gasteiger partial charge is 0.207 e. The highest BCUT2D eigenvalue weighted by molar-refractivity contribution is 6.31. The van der Waals surface area contributed by atoms with E-state index < -0.39 is 0 Å². The zero-order valence-electron chi connectivity index (χ0n) is 40.9. The summed E-state index contributed by atoms with van der Waals surface area (Å²) in [5, 5.41) is 1.43. The minimum absolute atomic E-state index is 0. The molecule has 0 heterocycles. The smallest absolute Gasteiger partial charge is 0.130 e. The molecule has 0 N–H and O–H groups in total. The van der Waals surface area contributed by atoms with Crippen molar-refractivity contribution in [3.63, 3.8) is 0 Å². The van der Waals surface area contributed by atoms with E-state index in [0.717, 1.165) is 16.1 Å². The van der Waals surface area contributed by atoms with Crippen molar-refractivity contribution in [3.8, 4) is 0 Å². The van der Waals surface area contributed by atoms with Crippen molar-refractivity contribution in [2.45, 2.75) is 173 Å². The van der Waals surface area contributed by atoms with Crippen LogP contribution in [0.15, 0.2) is 84.9 Å². The molecule has 0 aliphatic rings. The Morgan fingerprint density at radius 1 is 0.355 bits per heavy atom. The third kappa shape index (κ3) is 20.3. The molecule has 0 saturated carbocycles. The molecule has 0 radical (unpaired) electrons. The summed E-state index contributed by atoms with van der Waals surface area (Å²) < 4.78 is 53.1. The van der Waals surface area contributed by atoms with Gasteiger partial charge in [-0.3, -0.25) is 0 Å². The van der Waals surface area contributed by atoms with E-state index in [9.17, 15) is 17.6 Å². The Labute approximate surface area is 385 Å². The van der Waals surface area contributed by atoms with E-state index in [1.54, 1.807) is 38.1 Å². The maximum atomic E-state index is 13.6. The Hall–Kier alpha value is -3.60. The quantitative estimate of drug-likeness (QED) is 0.136. The number of aryl methyl sites for hydroxylation is 5. The molecule has 5 aromatic rings. The van der Waals surface area contributed by atoms with E-state index in [2.05, 4.69) is 106 Å². The van der Waals surface area contributed by atoms with Gasteiger partial charge in [0.25, 0.3) is 0 Å². The lowest BCUT2D eigenvalue weighted by Gasteiger charge is -2.20. The van der Waals surface area contributed by atoms with Crippen LogP contribution in [0.4, 0.5) is 17.6 Å². The molecule has 0 spiro atoms. The van der Waals surface area contributed by atoms with Crippen LogP contribution in [0.2, 0.25) is 10.0 Å². The van der Waals surface area contributed by atoms with E-state index in [0.29, 0.717) is 27.3 Å². The van der Waals surface area contributed by atoms with Gasteiger partial charge in [0.15, 0.2) is 0 Å². The average molecular weight is 898 g/mol. The summed E-state index contributed by atoms with van der Waals surface area (Å²) in [7, 11) is 0. The van der Waals surface area contributed by atoms with Crippen LogP contribution in [0, 0.1) is 57.9 Å². The zero-order valence-corrected chi connectivity index (χ0v) is 42.4. The molecule has 5 aromatic carbocycles. The highest BCUT2D eigenvalue weighted by atomic mass is 35.5. The lowest BCUT2D eigenvalue weighted by molar-refractivity contribution is 0.506. The van der Waals surface area contributed by atoms with Gasteiger partial charge in [-0.2, -0.15) is 0 Å². The average Bonchev–Trinajstić information content (AvgIpc) is 3.06. The molecule has 6 heteroatoms. The first-order valence-electron chi connectivity index (χ1n) is 21.0. The summed E-state index contributed by atoms with van der Waals surface area (Å²) in [4.78, 5) is 0. The Bertz CT molecular complexity index is 2010. The molecule has 5 rings (SSSR count). The molecule has 0 unspecified atom stereocenters. The predicted molar refractivity (Wildman–Crippen MR) is 266 cm³/mol. The van der Waals surface area contributed by atoms with Crippen LogP contribution in [0.1, 0.15) is 167 Å². The van der Waals surface area contributed by atoms with Crippen molar-refractivity contribution in [2.75, 3.05) is 0 Å². The van der Waals surface area contributed by atoms with Gasteiger partial charge in [-0.15, -0.1) is 0 Å². The molecule has 0 aromatic heterocycles. The maximum absolute atomic E-state index is 13.6. The van der Waals surface area contributed by atoms with Crippen molar-refractivity contribution >= 4 is 23.2 Å². The molecule has 0 aliphatic carbocycles. The molecule has 344 valence electrons. The van der Waals surface area contributed by atoms with Crippen LogP contribution in [-0.2, 0) is 27.1 Å². The summed E-state index contributed by atoms with van der Waals surface area (Å²) in [6, 6.07) is 25.9. The fourth-order valence-corrected chi connectivity index (χ4v) is 6.56. The Morgan fingerprint density at radius 2 is 0.726 bits per heavy atom. The van der Waals surface area contributed by atoms with Crippen LogP contribution < -0.4 is 0 Å². The number of rotatable bonds is 0. The van der Waals surface area contributed by atoms with Gasteiger partial charge in [0.1, 0.15) is 23.3 Å². The minimum Gasteiger partial charge on any atom is -0.207 e. The molecule has 0 saturated heterocycles. The third-order valence-electron chi connectivity index (χ3n) is 9.76. The minimum atomic E-state index is -0.371. The SMILES string of the molecule is C.Cc1cc(Cl)cc(C(C)(C)C)c1.Cc1cc(Cl)cc(C(C)(C)C)c1F.Cc1cc(F)cc(C(C)(C)C)c1.Cc1cc(F)cc(C(C)(C)C)c1F.Cc1cccc(C(C)(C)C)c1. The summed E-state index contributed by atoms with van der Waals surface area (Å²) >= 11 is 11.8. The molecule has 0 aliphatic heterocycles. The van der Waals surface area contributed by atoms with Crippen LogP contribution >= 0.6 is 23.2 Å². The Morgan fingerprint density at radius 3 is 1.11 bits per heavy atom. The summed E-state index contributed by atoms with van der Waals surface area (Å²) in [6.07, 6.45) is 0. The first-order chi connectivity index (χ1) is 27.4. The van der Waals surface area contributed by atoms with Crippen LogP contribution in [-0.4, -0.2) is 0 Å². The van der Waals surface area contributed by atoms with Gasteiger partial charge in [-0.1, -0.05) is 176 Å². The van der Waals surface area contributed by atoms with Gasteiger partial charge in [-0.25, -0.2) is 17.6 Å². The Balaban J connectivity index is 0.000000748. The first-order valence-corrected chi connectivity index (χ1v) is 21.7. The molecule has 0 bridgehead atoms. The van der Waals surface area contributed by atoms with E-state index in [1.165, 1.54) is 34.4 Å². The van der Waals surface area contributed by atoms with Gasteiger partial charge in [-0.05, 0) is 160 Å². The lowest BCUT2D eigenvalue weighted by Crippen LogP contribution is -2.14. The van der Waals surface area contributed by atoms with Gasteiger partial charge >= 0.3 is 0 Å². The molecule has 0 fully saturated rings. The maximum Gasteiger partial charge on any atom is 0.130 e. The highest BCUT2D eigenvalue weighted by Gasteiger charge is 2.22. The van der Waals surface area contributed by atoms with Crippen molar-refractivity contribution < 1.29 is 17.6 Å². The second-order valence-corrected chi connectivity index (χ2v) is 22.2. The molecule has 0 amide bonds. The second-order valence-electron chi connectivity index (χ2n) is 21.3. The molecular formula is C56H78Cl2F4. The van der Waals surface area contributed by atoms with E-state index in [4.69, 9.17) is 23.2 Å². The summed E-state index contributed by atoms with van der Waals surface area (Å²) in [6.45, 7) is 40.5. The van der Waals surface area contributed by atoms with E-state index in [-0.39, 0.29) is 57.8 Å². The van der Waals surface area contributed by atoms with Crippen molar-refractivity contribution in [1.29, 1.82) is 0 Å². The Kier molecular flexibility index (Phi) is 22.0. The van der Waals surface area contributed by atoms with Gasteiger partial charge in [0.05, 0.1) is 0 Å². The lowest BCUT2D eigenvalue weighted by atomic mass is 9.85. The number of benzene rings is 5. The van der Waals surface area contributed by atoms with Gasteiger partial charge in [0.2, 0.25) is 0 Å². The predicted octanol–water partition coefficient (Wildman–Crippen LogP) is 19.0. The van der Waals surface area contributed by atoms with Crippen molar-refractivity contribution in [2.24, 2.45) is 0 Å². The second kappa shape index (κ2) is 23.4. The number of hydrogen-bond acceptors (Lipinski definition) is 0. The van der Waals surface area contributed by atoms with E-state index >= 15 is 0 Å². The summed E-state index contributed by atoms with van der Waals surface area (Å²) in [5.41, 5.74) is 9.38. The van der Waals surface area contributed by atoms with Crippen LogP contribution in [0.3, 0.4) is 0 Å². The summed E-state index contributed by atoms with van der Waals surface area (Å²) in [5.74, 6) is -0.949. The fourth-order valence-electron chi connectivity index (χ4n) is 5.99. The highest BCUT2D eigenvalue weighted by Crippen LogP contribution is 2.31. The zero-order chi connectivity index (χ0) is 47.6. The standard InChI is InChI=1S/C11H14ClF.C11H15Cl.C11H14F2.C11H15F.C11H16.CH4/c1-7-5-8(12)6-9(10(7)13)11(2,3)4;1-8-5-9(11(2,3)4)7-10(12)6-8;1-7-5-8(12)6-9(10(7)13)11(2,3)4;1-8-5-9(11(2,3)4)7-10(12)6-8;1-9-6-5-7-10(8-9)11(2,3)4;/h5-6H,1-4H3;5-7H,1-4H3;5-6H,1-4H3;5-7H,1-4H3;5-8H,1-4H3;1H4. The number of hydrogen-bond donors (Lipinski definition) is 0. The molecule has 62 heavy (non-hydrogen) atoms. The molecule has 0 atom stereocenters.